The fourth-order valence-electron chi connectivity index (χ4n) is 0.801. The lowest BCUT2D eigenvalue weighted by Crippen LogP contribution is -2.29. The SMILES string of the molecule is N#CC(C(=O)O)=C1C=CNCN1. The predicted molar refractivity (Wildman–Crippen MR) is 40.6 cm³/mol. The van der Waals surface area contributed by atoms with Gasteiger partial charge in [-0.2, -0.15) is 5.26 Å². The molecule has 0 aromatic heterocycles. The number of nitrogens with zero attached hydrogens (tertiary/aromatic N) is 1. The first kappa shape index (κ1) is 8.14. The molecular weight excluding hydrogens is 158 g/mol. The number of nitriles is 1. The van der Waals surface area contributed by atoms with Crippen molar-refractivity contribution in [2.45, 2.75) is 0 Å². The molecule has 0 aromatic carbocycles. The van der Waals surface area contributed by atoms with Crippen molar-refractivity contribution in [2.24, 2.45) is 0 Å². The van der Waals surface area contributed by atoms with E-state index >= 15 is 0 Å². The second kappa shape index (κ2) is 3.44. The molecule has 1 heterocycles. The summed E-state index contributed by atoms with van der Waals surface area (Å²) < 4.78 is 0. The number of hydrogen-bond donors (Lipinski definition) is 3. The molecule has 62 valence electrons. The fourth-order valence-corrected chi connectivity index (χ4v) is 0.801. The zero-order valence-corrected chi connectivity index (χ0v) is 6.16. The Morgan fingerprint density at radius 3 is 2.92 bits per heavy atom. The van der Waals surface area contributed by atoms with E-state index in [9.17, 15) is 4.79 Å². The third kappa shape index (κ3) is 1.55. The van der Waals surface area contributed by atoms with Crippen LogP contribution in [0.2, 0.25) is 0 Å². The number of carbonyl (C=O) groups is 1. The van der Waals surface area contributed by atoms with Gasteiger partial charge in [-0.15, -0.1) is 0 Å². The molecule has 12 heavy (non-hydrogen) atoms. The number of allylic oxidation sites excluding steroid dienone is 1. The molecule has 0 spiro atoms. The fraction of sp³-hybridized carbons (Fsp3) is 0.143. The second-order valence-corrected chi connectivity index (χ2v) is 2.10. The molecule has 0 bridgehead atoms. The number of nitrogens with one attached hydrogen (secondary N) is 2. The van der Waals surface area contributed by atoms with Crippen molar-refractivity contribution in [3.8, 4) is 6.07 Å². The van der Waals surface area contributed by atoms with Crippen LogP contribution in [-0.4, -0.2) is 17.7 Å². The molecule has 0 radical (unpaired) electrons. The van der Waals surface area contributed by atoms with E-state index in [0.29, 0.717) is 12.4 Å². The van der Waals surface area contributed by atoms with E-state index in [1.54, 1.807) is 12.3 Å². The van der Waals surface area contributed by atoms with E-state index in [1.165, 1.54) is 6.08 Å². The van der Waals surface area contributed by atoms with Crippen LogP contribution in [0.4, 0.5) is 0 Å². The summed E-state index contributed by atoms with van der Waals surface area (Å²) in [7, 11) is 0. The Morgan fingerprint density at radius 2 is 2.50 bits per heavy atom. The van der Waals surface area contributed by atoms with Crippen LogP contribution in [-0.2, 0) is 4.79 Å². The summed E-state index contributed by atoms with van der Waals surface area (Å²) in [6.45, 7) is 0.435. The highest BCUT2D eigenvalue weighted by molar-refractivity contribution is 5.92. The Hall–Kier alpha value is -1.96. The summed E-state index contributed by atoms with van der Waals surface area (Å²) in [5.41, 5.74) is 0.0662. The Morgan fingerprint density at radius 1 is 1.75 bits per heavy atom. The van der Waals surface area contributed by atoms with E-state index in [4.69, 9.17) is 10.4 Å². The summed E-state index contributed by atoms with van der Waals surface area (Å²) in [6, 6.07) is 1.61. The highest BCUT2D eigenvalue weighted by Crippen LogP contribution is 2.03. The zero-order valence-electron chi connectivity index (χ0n) is 6.16. The molecule has 0 aliphatic carbocycles. The molecule has 0 aromatic rings. The van der Waals surface area contributed by atoms with E-state index in [2.05, 4.69) is 10.6 Å². The average molecular weight is 165 g/mol. The Balaban J connectivity index is 3.01. The van der Waals surface area contributed by atoms with Gasteiger partial charge in [-0.25, -0.2) is 4.79 Å². The van der Waals surface area contributed by atoms with Gasteiger partial charge in [0, 0.05) is 0 Å². The molecule has 1 aliphatic rings. The molecule has 5 heteroatoms. The molecule has 0 saturated carbocycles. The lowest BCUT2D eigenvalue weighted by molar-refractivity contribution is -0.132. The quantitative estimate of drug-likeness (QED) is 0.360. The van der Waals surface area contributed by atoms with Crippen LogP contribution in [0.25, 0.3) is 0 Å². The van der Waals surface area contributed by atoms with Crippen LogP contribution >= 0.6 is 0 Å². The lowest BCUT2D eigenvalue weighted by Gasteiger charge is -2.12. The van der Waals surface area contributed by atoms with E-state index in [1.807, 2.05) is 0 Å². The Bertz CT molecular complexity index is 298. The molecule has 0 unspecified atom stereocenters. The first-order chi connectivity index (χ1) is 5.75. The summed E-state index contributed by atoms with van der Waals surface area (Å²) >= 11 is 0. The smallest absolute Gasteiger partial charge is 0.348 e. The number of aliphatic carboxylic acids is 1. The van der Waals surface area contributed by atoms with Crippen molar-refractivity contribution in [1.82, 2.24) is 10.6 Å². The van der Waals surface area contributed by atoms with Gasteiger partial charge in [-0.1, -0.05) is 0 Å². The number of carboxylic acids is 1. The Kier molecular flexibility index (Phi) is 2.33. The van der Waals surface area contributed by atoms with Gasteiger partial charge >= 0.3 is 5.97 Å². The number of hydrogen-bond acceptors (Lipinski definition) is 4. The molecule has 1 aliphatic heterocycles. The maximum absolute atomic E-state index is 10.5. The van der Waals surface area contributed by atoms with Gasteiger partial charge in [0.1, 0.15) is 6.07 Å². The molecular formula is C7H7N3O2. The van der Waals surface area contributed by atoms with Gasteiger partial charge in [-0.05, 0) is 12.3 Å². The molecule has 3 N–H and O–H groups in total. The predicted octanol–water partition coefficient (Wildman–Crippen LogP) is -0.487. The van der Waals surface area contributed by atoms with Gasteiger partial charge in [0.05, 0.1) is 12.4 Å². The van der Waals surface area contributed by atoms with Crippen LogP contribution in [0.3, 0.4) is 0 Å². The highest BCUT2D eigenvalue weighted by atomic mass is 16.4. The molecule has 0 atom stereocenters. The van der Waals surface area contributed by atoms with Gasteiger partial charge in [-0.3, -0.25) is 0 Å². The van der Waals surface area contributed by atoms with Crippen LogP contribution in [0.15, 0.2) is 23.5 Å². The molecule has 0 saturated heterocycles. The normalized spacial score (nSPS) is 18.6. The van der Waals surface area contributed by atoms with Crippen LogP contribution in [0.1, 0.15) is 0 Å². The summed E-state index contributed by atoms with van der Waals surface area (Å²) in [4.78, 5) is 10.5. The van der Waals surface area contributed by atoms with Gasteiger partial charge < -0.3 is 15.7 Å². The number of carboxylic acid groups (broad SMARTS) is 1. The van der Waals surface area contributed by atoms with Gasteiger partial charge in [0.15, 0.2) is 5.57 Å². The van der Waals surface area contributed by atoms with Crippen molar-refractivity contribution in [1.29, 1.82) is 5.26 Å². The lowest BCUT2D eigenvalue weighted by atomic mass is 10.2. The van der Waals surface area contributed by atoms with Crippen LogP contribution in [0.5, 0.6) is 0 Å². The van der Waals surface area contributed by atoms with E-state index in [0.717, 1.165) is 0 Å². The zero-order chi connectivity index (χ0) is 8.97. The van der Waals surface area contributed by atoms with Crippen molar-refractivity contribution < 1.29 is 9.90 Å². The second-order valence-electron chi connectivity index (χ2n) is 2.10. The van der Waals surface area contributed by atoms with Gasteiger partial charge in [0.2, 0.25) is 0 Å². The van der Waals surface area contributed by atoms with Crippen molar-refractivity contribution in [3.05, 3.63) is 23.5 Å². The largest absolute Gasteiger partial charge is 0.477 e. The molecule has 5 nitrogen and oxygen atoms in total. The molecule has 0 amide bonds. The standard InChI is InChI=1S/C7H7N3O2/c8-3-5(7(11)12)6-1-2-9-4-10-6/h1-2,9-10H,4H2,(H,11,12). The van der Waals surface area contributed by atoms with Crippen molar-refractivity contribution in [2.75, 3.05) is 6.67 Å². The number of rotatable bonds is 1. The topological polar surface area (TPSA) is 85.2 Å². The average Bonchev–Trinajstić information content (AvgIpc) is 2.07. The Labute approximate surface area is 69.0 Å². The minimum atomic E-state index is -1.22. The maximum atomic E-state index is 10.5. The van der Waals surface area contributed by atoms with E-state index < -0.39 is 5.97 Å². The maximum Gasteiger partial charge on any atom is 0.348 e. The summed E-state index contributed by atoms with van der Waals surface area (Å²) in [5.74, 6) is -1.22. The van der Waals surface area contributed by atoms with E-state index in [-0.39, 0.29) is 5.57 Å². The third-order valence-electron chi connectivity index (χ3n) is 1.34. The minimum absolute atomic E-state index is 0.271. The molecule has 0 fully saturated rings. The first-order valence-corrected chi connectivity index (χ1v) is 3.27. The van der Waals surface area contributed by atoms with Gasteiger partial charge in [0.25, 0.3) is 0 Å². The monoisotopic (exact) mass is 165 g/mol. The molecule has 1 rings (SSSR count). The summed E-state index contributed by atoms with van der Waals surface area (Å²) in [5, 5.41) is 22.6. The van der Waals surface area contributed by atoms with Crippen molar-refractivity contribution in [3.63, 3.8) is 0 Å². The van der Waals surface area contributed by atoms with Crippen molar-refractivity contribution >= 4 is 5.97 Å². The van der Waals surface area contributed by atoms with Crippen LogP contribution in [0, 0.1) is 11.3 Å². The van der Waals surface area contributed by atoms with Crippen LogP contribution < -0.4 is 10.6 Å². The third-order valence-corrected chi connectivity index (χ3v) is 1.34. The first-order valence-electron chi connectivity index (χ1n) is 3.27. The summed E-state index contributed by atoms with van der Waals surface area (Å²) in [6.07, 6.45) is 3.10. The minimum Gasteiger partial charge on any atom is -0.477 e. The highest BCUT2D eigenvalue weighted by Gasteiger charge is 2.12.